The first kappa shape index (κ1) is 34.7. The molecular weight excluding hydrogens is 536 g/mol. The molecule has 41 heavy (non-hydrogen) atoms. The zero-order valence-corrected chi connectivity index (χ0v) is 24.3. The van der Waals surface area contributed by atoms with Gasteiger partial charge in [-0.1, -0.05) is 32.9 Å². The number of urea groups is 1. The predicted octanol–water partition coefficient (Wildman–Crippen LogP) is 1.24. The number of benzene rings is 1. The Kier molecular flexibility index (Phi) is 14.7. The van der Waals surface area contributed by atoms with E-state index in [9.17, 15) is 28.8 Å². The average Bonchev–Trinajstić information content (AvgIpc) is 2.87. The second kappa shape index (κ2) is 17.4. The molecule has 6 amide bonds. The maximum absolute atomic E-state index is 13.0. The molecule has 0 aliphatic carbocycles. The first-order valence-corrected chi connectivity index (χ1v) is 13.2. The molecular formula is C27H42N6O8. The van der Waals surface area contributed by atoms with Crippen LogP contribution in [0, 0.1) is 5.41 Å². The molecule has 14 nitrogen and oxygen atoms in total. The van der Waals surface area contributed by atoms with E-state index in [0.717, 1.165) is 0 Å². The van der Waals surface area contributed by atoms with E-state index in [1.165, 1.54) is 18.9 Å². The van der Waals surface area contributed by atoms with Gasteiger partial charge in [-0.15, -0.1) is 0 Å². The number of esters is 1. The van der Waals surface area contributed by atoms with Crippen molar-refractivity contribution in [3.63, 3.8) is 0 Å². The number of likely N-dealkylation sites (N-methyl/N-ethyl adjacent to an activating group) is 1. The van der Waals surface area contributed by atoms with Gasteiger partial charge >= 0.3 is 18.1 Å². The lowest BCUT2D eigenvalue weighted by Crippen LogP contribution is -2.48. The number of primary amides is 1. The molecule has 1 atom stereocenters. The van der Waals surface area contributed by atoms with Crippen molar-refractivity contribution in [2.24, 2.45) is 11.1 Å². The quantitative estimate of drug-likeness (QED) is 0.151. The molecule has 0 aliphatic heterocycles. The number of nitrogens with zero attached hydrogens (tertiary/aromatic N) is 1. The molecule has 0 fully saturated rings. The Bertz CT molecular complexity index is 1050. The van der Waals surface area contributed by atoms with Gasteiger partial charge in [-0.3, -0.25) is 19.2 Å². The molecule has 1 aromatic carbocycles. The number of hydrogen-bond acceptors (Lipinski definition) is 8. The van der Waals surface area contributed by atoms with Crippen molar-refractivity contribution in [3.8, 4) is 0 Å². The molecule has 0 unspecified atom stereocenters. The van der Waals surface area contributed by atoms with Gasteiger partial charge in [0.15, 0.2) is 0 Å². The fraction of sp³-hybridized carbons (Fsp3) is 0.556. The van der Waals surface area contributed by atoms with Gasteiger partial charge in [-0.2, -0.15) is 0 Å². The molecule has 0 spiro atoms. The maximum Gasteiger partial charge on any atom is 0.409 e. The Labute approximate surface area is 240 Å². The molecule has 0 aromatic heterocycles. The van der Waals surface area contributed by atoms with Crippen LogP contribution in [-0.4, -0.2) is 80.0 Å². The molecule has 1 aromatic rings. The van der Waals surface area contributed by atoms with E-state index in [2.05, 4.69) is 21.3 Å². The highest BCUT2D eigenvalue weighted by molar-refractivity contribution is 5.97. The van der Waals surface area contributed by atoms with E-state index < -0.39 is 35.9 Å². The van der Waals surface area contributed by atoms with Crippen LogP contribution in [-0.2, 0) is 35.3 Å². The van der Waals surface area contributed by atoms with Gasteiger partial charge in [0.1, 0.15) is 19.3 Å². The molecule has 0 saturated carbocycles. The third kappa shape index (κ3) is 16.4. The first-order valence-electron chi connectivity index (χ1n) is 13.2. The van der Waals surface area contributed by atoms with E-state index in [1.54, 1.807) is 24.3 Å². The third-order valence-corrected chi connectivity index (χ3v) is 5.38. The van der Waals surface area contributed by atoms with Gasteiger partial charge in [-0.05, 0) is 36.0 Å². The molecule has 6 N–H and O–H groups in total. The van der Waals surface area contributed by atoms with Gasteiger partial charge in [-0.25, -0.2) is 9.59 Å². The van der Waals surface area contributed by atoms with Gasteiger partial charge in [0.25, 0.3) is 0 Å². The van der Waals surface area contributed by atoms with Crippen LogP contribution < -0.4 is 27.0 Å². The summed E-state index contributed by atoms with van der Waals surface area (Å²) in [5.41, 5.74) is 5.94. The number of ether oxygens (including phenoxy) is 2. The topological polar surface area (TPSA) is 198 Å². The number of carbonyl (C=O) groups is 6. The van der Waals surface area contributed by atoms with Gasteiger partial charge in [0.05, 0.1) is 13.1 Å². The highest BCUT2D eigenvalue weighted by Crippen LogP contribution is 2.17. The Morgan fingerprint density at radius 1 is 0.976 bits per heavy atom. The fourth-order valence-corrected chi connectivity index (χ4v) is 3.34. The van der Waals surface area contributed by atoms with Crippen LogP contribution in [0.1, 0.15) is 52.5 Å². The molecule has 0 saturated heterocycles. The molecule has 14 heteroatoms. The van der Waals surface area contributed by atoms with Crippen LogP contribution >= 0.6 is 0 Å². The summed E-state index contributed by atoms with van der Waals surface area (Å²) in [6.45, 7) is 7.14. The maximum atomic E-state index is 13.0. The van der Waals surface area contributed by atoms with E-state index >= 15 is 0 Å². The number of anilines is 1. The standard InChI is InChI=1S/C27H42N6O8/c1-18(34)40-14-13-33(5)26(39)41-17-19-8-10-20(11-9-19)31-24(37)21(7-6-12-29-25(28)38)32-23(36)16-30-22(35)15-27(2,3)4/h8-11,21H,6-7,12-17H2,1-5H3,(H,30,35)(H,31,37)(H,32,36)(H3,28,29,38)/t21-/m0/s1. The minimum Gasteiger partial charge on any atom is -0.464 e. The number of nitrogens with one attached hydrogen (secondary N) is 4. The Balaban J connectivity index is 2.68. The summed E-state index contributed by atoms with van der Waals surface area (Å²) in [6, 6.07) is 4.92. The molecule has 228 valence electrons. The zero-order valence-electron chi connectivity index (χ0n) is 24.3. The number of nitrogens with two attached hydrogens (primary N) is 1. The number of hydrogen-bond donors (Lipinski definition) is 5. The first-order chi connectivity index (χ1) is 19.2. The summed E-state index contributed by atoms with van der Waals surface area (Å²) in [7, 11) is 1.52. The normalized spacial score (nSPS) is 11.4. The summed E-state index contributed by atoms with van der Waals surface area (Å²) in [5, 5.41) is 10.3. The second-order valence-corrected chi connectivity index (χ2v) is 10.6. The van der Waals surface area contributed by atoms with Gasteiger partial charge < -0.3 is 41.4 Å². The fourth-order valence-electron chi connectivity index (χ4n) is 3.34. The SMILES string of the molecule is CC(=O)OCCN(C)C(=O)OCc1ccc(NC(=O)[C@H](CCCNC(N)=O)NC(=O)CNC(=O)CC(C)(C)C)cc1. The summed E-state index contributed by atoms with van der Waals surface area (Å²) in [4.78, 5) is 72.6. The average molecular weight is 579 g/mol. The second-order valence-electron chi connectivity index (χ2n) is 10.6. The van der Waals surface area contributed by atoms with Gasteiger partial charge in [0, 0.05) is 32.6 Å². The lowest BCUT2D eigenvalue weighted by Gasteiger charge is -2.20. The lowest BCUT2D eigenvalue weighted by atomic mass is 9.92. The van der Waals surface area contributed by atoms with Crippen LogP contribution in [0.5, 0.6) is 0 Å². The van der Waals surface area contributed by atoms with Crippen LogP contribution in [0.15, 0.2) is 24.3 Å². The molecule has 0 heterocycles. The molecule has 0 bridgehead atoms. The van der Waals surface area contributed by atoms with Crippen LogP contribution in [0.25, 0.3) is 0 Å². The highest BCUT2D eigenvalue weighted by Gasteiger charge is 2.22. The Hall–Kier alpha value is -4.36. The lowest BCUT2D eigenvalue weighted by molar-refractivity contribution is -0.141. The van der Waals surface area contributed by atoms with Gasteiger partial charge in [0.2, 0.25) is 17.7 Å². The zero-order chi connectivity index (χ0) is 31.0. The summed E-state index contributed by atoms with van der Waals surface area (Å²) in [5.74, 6) is -1.75. The Morgan fingerprint density at radius 2 is 1.63 bits per heavy atom. The van der Waals surface area contributed by atoms with E-state index in [4.69, 9.17) is 15.2 Å². The molecule has 0 aliphatic rings. The van der Waals surface area contributed by atoms with Crippen molar-refractivity contribution in [2.75, 3.05) is 38.6 Å². The Morgan fingerprint density at radius 3 is 2.22 bits per heavy atom. The van der Waals surface area contributed by atoms with Crippen molar-refractivity contribution >= 4 is 41.5 Å². The summed E-state index contributed by atoms with van der Waals surface area (Å²) >= 11 is 0. The summed E-state index contributed by atoms with van der Waals surface area (Å²) < 4.78 is 10.0. The van der Waals surface area contributed by atoms with Crippen molar-refractivity contribution in [1.29, 1.82) is 0 Å². The van der Waals surface area contributed by atoms with Crippen molar-refractivity contribution in [1.82, 2.24) is 20.9 Å². The smallest absolute Gasteiger partial charge is 0.409 e. The van der Waals surface area contributed by atoms with E-state index in [-0.39, 0.29) is 57.0 Å². The van der Waals surface area contributed by atoms with Crippen LogP contribution in [0.3, 0.4) is 0 Å². The minimum absolute atomic E-state index is 0.0164. The monoisotopic (exact) mass is 578 g/mol. The third-order valence-electron chi connectivity index (χ3n) is 5.38. The molecule has 0 radical (unpaired) electrons. The number of rotatable bonds is 15. The highest BCUT2D eigenvalue weighted by atomic mass is 16.6. The van der Waals surface area contributed by atoms with E-state index in [1.807, 2.05) is 20.8 Å². The van der Waals surface area contributed by atoms with E-state index in [0.29, 0.717) is 17.7 Å². The van der Waals surface area contributed by atoms with Crippen molar-refractivity contribution in [3.05, 3.63) is 29.8 Å². The summed E-state index contributed by atoms with van der Waals surface area (Å²) in [6.07, 6.45) is 0.211. The minimum atomic E-state index is -0.945. The predicted molar refractivity (Wildman–Crippen MR) is 150 cm³/mol. The number of amides is 6. The van der Waals surface area contributed by atoms with Crippen LogP contribution in [0.2, 0.25) is 0 Å². The number of carbonyl (C=O) groups excluding carboxylic acids is 6. The van der Waals surface area contributed by atoms with Crippen molar-refractivity contribution < 1.29 is 38.2 Å². The molecule has 1 rings (SSSR count). The van der Waals surface area contributed by atoms with Crippen molar-refractivity contribution in [2.45, 2.75) is 59.6 Å². The van der Waals surface area contributed by atoms with Crippen LogP contribution in [0.4, 0.5) is 15.3 Å². The largest absolute Gasteiger partial charge is 0.464 e.